The summed E-state index contributed by atoms with van der Waals surface area (Å²) in [5, 5.41) is 11.6. The lowest BCUT2D eigenvalue weighted by Gasteiger charge is -2.24. The number of Topliss-reactive ketones (excluding diaryl/α,β-unsaturated/α-hetero) is 1. The number of anilines is 1. The lowest BCUT2D eigenvalue weighted by molar-refractivity contribution is -0.132. The molecular formula is C27H26N2O7S. The maximum atomic E-state index is 13.5. The van der Waals surface area contributed by atoms with Gasteiger partial charge >= 0.3 is 11.9 Å². The molecule has 1 aliphatic heterocycles. The summed E-state index contributed by atoms with van der Waals surface area (Å²) < 4.78 is 15.6. The maximum Gasteiger partial charge on any atom is 0.350 e. The summed E-state index contributed by atoms with van der Waals surface area (Å²) in [4.78, 5) is 45.0. The number of hydrogen-bond acceptors (Lipinski definition) is 9. The fraction of sp³-hybridized carbons (Fsp3) is 0.259. The van der Waals surface area contributed by atoms with Crippen molar-refractivity contribution >= 4 is 39.9 Å². The van der Waals surface area contributed by atoms with Crippen LogP contribution in [0.4, 0.5) is 5.13 Å². The highest BCUT2D eigenvalue weighted by Gasteiger charge is 2.48. The van der Waals surface area contributed by atoms with Gasteiger partial charge in [0.2, 0.25) is 0 Å². The molecule has 1 amide bonds. The standard InChI is InChI=1S/C27H26N2O7S/c1-13-7-8-14(2)17(11-13)22(30)20-21(16-9-10-18(34-4)19(12-16)35-5)29(25(32)23(20)31)27-28-15(3)24(37-27)26(33)36-6/h7-12,21,30H,1-6H3. The van der Waals surface area contributed by atoms with Crippen molar-refractivity contribution in [3.8, 4) is 11.5 Å². The van der Waals surface area contributed by atoms with Gasteiger partial charge in [-0.15, -0.1) is 0 Å². The predicted octanol–water partition coefficient (Wildman–Crippen LogP) is 4.50. The molecule has 0 spiro atoms. The molecule has 0 saturated carbocycles. The molecule has 37 heavy (non-hydrogen) atoms. The zero-order valence-electron chi connectivity index (χ0n) is 21.2. The van der Waals surface area contributed by atoms with Crippen molar-refractivity contribution in [2.45, 2.75) is 26.8 Å². The van der Waals surface area contributed by atoms with Crippen molar-refractivity contribution in [2.75, 3.05) is 26.2 Å². The lowest BCUT2D eigenvalue weighted by atomic mass is 9.93. The molecule has 2 aromatic carbocycles. The molecule has 9 nitrogen and oxygen atoms in total. The van der Waals surface area contributed by atoms with Gasteiger partial charge in [-0.05, 0) is 50.1 Å². The molecule has 1 aromatic heterocycles. The summed E-state index contributed by atoms with van der Waals surface area (Å²) in [6.07, 6.45) is 0. The summed E-state index contributed by atoms with van der Waals surface area (Å²) in [7, 11) is 4.22. The van der Waals surface area contributed by atoms with Crippen molar-refractivity contribution in [3.05, 3.63) is 74.8 Å². The van der Waals surface area contributed by atoms with Crippen LogP contribution in [-0.2, 0) is 14.3 Å². The smallest absolute Gasteiger partial charge is 0.350 e. The van der Waals surface area contributed by atoms with E-state index < -0.39 is 23.7 Å². The number of aryl methyl sites for hydroxylation is 3. The van der Waals surface area contributed by atoms with Crippen molar-refractivity contribution in [1.29, 1.82) is 0 Å². The summed E-state index contributed by atoms with van der Waals surface area (Å²) >= 11 is 0.933. The van der Waals surface area contributed by atoms with Gasteiger partial charge in [0.1, 0.15) is 10.6 Å². The van der Waals surface area contributed by atoms with Gasteiger partial charge in [0.05, 0.1) is 38.6 Å². The zero-order chi connectivity index (χ0) is 27.0. The van der Waals surface area contributed by atoms with E-state index in [0.717, 1.165) is 22.5 Å². The fourth-order valence-corrected chi connectivity index (χ4v) is 5.28. The summed E-state index contributed by atoms with van der Waals surface area (Å²) in [6.45, 7) is 5.29. The van der Waals surface area contributed by atoms with Crippen LogP contribution in [0.15, 0.2) is 42.0 Å². The number of benzene rings is 2. The van der Waals surface area contributed by atoms with E-state index in [1.165, 1.54) is 26.2 Å². The number of amides is 1. The SMILES string of the molecule is COC(=O)c1sc(N2C(=O)C(=O)C(=C(O)c3cc(C)ccc3C)C2c2ccc(OC)c(OC)c2)nc1C. The van der Waals surface area contributed by atoms with E-state index in [0.29, 0.717) is 28.3 Å². The molecule has 0 aliphatic carbocycles. The molecule has 0 bridgehead atoms. The molecule has 3 aromatic rings. The van der Waals surface area contributed by atoms with Crippen molar-refractivity contribution in [3.63, 3.8) is 0 Å². The number of thiazole rings is 1. The van der Waals surface area contributed by atoms with Crippen molar-refractivity contribution in [2.24, 2.45) is 0 Å². The topological polar surface area (TPSA) is 115 Å². The summed E-state index contributed by atoms with van der Waals surface area (Å²) in [5.74, 6) is -1.82. The molecule has 1 saturated heterocycles. The van der Waals surface area contributed by atoms with Crippen LogP contribution in [0.2, 0.25) is 0 Å². The van der Waals surface area contributed by atoms with Crippen LogP contribution >= 0.6 is 11.3 Å². The molecule has 1 N–H and O–H groups in total. The number of nitrogens with zero attached hydrogens (tertiary/aromatic N) is 2. The van der Waals surface area contributed by atoms with Crippen LogP contribution in [0, 0.1) is 20.8 Å². The van der Waals surface area contributed by atoms with Gasteiger partial charge in [-0.25, -0.2) is 9.78 Å². The molecule has 1 aliphatic rings. The maximum absolute atomic E-state index is 13.5. The Balaban J connectivity index is 2.00. The first-order valence-electron chi connectivity index (χ1n) is 11.3. The molecule has 0 radical (unpaired) electrons. The summed E-state index contributed by atoms with van der Waals surface area (Å²) in [6, 6.07) is 9.41. The van der Waals surface area contributed by atoms with Gasteiger partial charge < -0.3 is 19.3 Å². The number of methoxy groups -OCH3 is 3. The Labute approximate surface area is 217 Å². The highest BCUT2D eigenvalue weighted by atomic mass is 32.1. The monoisotopic (exact) mass is 522 g/mol. The second-order valence-electron chi connectivity index (χ2n) is 8.50. The van der Waals surface area contributed by atoms with Crippen molar-refractivity contribution in [1.82, 2.24) is 4.98 Å². The quantitative estimate of drug-likeness (QED) is 0.218. The molecular weight excluding hydrogens is 496 g/mol. The Bertz CT molecular complexity index is 1460. The van der Waals surface area contributed by atoms with Gasteiger partial charge in [0.25, 0.3) is 5.78 Å². The lowest BCUT2D eigenvalue weighted by Crippen LogP contribution is -2.29. The number of rotatable bonds is 6. The first-order valence-corrected chi connectivity index (χ1v) is 12.1. The summed E-state index contributed by atoms with van der Waals surface area (Å²) in [5.41, 5.74) is 2.79. The first kappa shape index (κ1) is 25.9. The second kappa shape index (κ2) is 10.1. The molecule has 10 heteroatoms. The number of carbonyl (C=O) groups is 3. The Morgan fingerprint density at radius 1 is 1.00 bits per heavy atom. The molecule has 1 unspecified atom stereocenters. The number of aliphatic hydroxyl groups is 1. The molecule has 4 rings (SSSR count). The van der Waals surface area contributed by atoms with Crippen molar-refractivity contribution < 1.29 is 33.7 Å². The normalized spacial score (nSPS) is 16.7. The third-order valence-corrected chi connectivity index (χ3v) is 7.31. The molecule has 192 valence electrons. The fourth-order valence-electron chi connectivity index (χ4n) is 4.27. The average molecular weight is 523 g/mol. The number of ketones is 1. The zero-order valence-corrected chi connectivity index (χ0v) is 22.1. The van der Waals surface area contributed by atoms with Crippen LogP contribution in [0.1, 0.15) is 43.7 Å². The van der Waals surface area contributed by atoms with E-state index in [1.54, 1.807) is 31.2 Å². The van der Waals surface area contributed by atoms with E-state index in [1.807, 2.05) is 26.0 Å². The molecule has 2 heterocycles. The van der Waals surface area contributed by atoms with Crippen LogP contribution in [-0.4, -0.2) is 49.1 Å². The minimum absolute atomic E-state index is 0.0987. The predicted molar refractivity (Wildman–Crippen MR) is 138 cm³/mol. The number of esters is 1. The van der Waals surface area contributed by atoms with Gasteiger partial charge in [0, 0.05) is 5.56 Å². The first-order chi connectivity index (χ1) is 17.6. The number of aliphatic hydroxyl groups excluding tert-OH is 1. The number of aromatic nitrogens is 1. The van der Waals surface area contributed by atoms with Crippen LogP contribution < -0.4 is 14.4 Å². The van der Waals surface area contributed by atoms with Gasteiger partial charge in [0.15, 0.2) is 16.6 Å². The Morgan fingerprint density at radius 3 is 2.35 bits per heavy atom. The highest BCUT2D eigenvalue weighted by Crippen LogP contribution is 2.45. The Morgan fingerprint density at radius 2 is 1.70 bits per heavy atom. The van der Waals surface area contributed by atoms with E-state index in [-0.39, 0.29) is 21.3 Å². The third kappa shape index (κ3) is 4.44. The number of ether oxygens (including phenoxy) is 3. The Kier molecular flexibility index (Phi) is 7.04. The van der Waals surface area contributed by atoms with E-state index in [4.69, 9.17) is 14.2 Å². The largest absolute Gasteiger partial charge is 0.507 e. The van der Waals surface area contributed by atoms with E-state index in [2.05, 4.69) is 4.98 Å². The van der Waals surface area contributed by atoms with E-state index in [9.17, 15) is 19.5 Å². The molecule has 1 fully saturated rings. The van der Waals surface area contributed by atoms with Gasteiger partial charge in [-0.1, -0.05) is 35.1 Å². The highest BCUT2D eigenvalue weighted by molar-refractivity contribution is 7.17. The van der Waals surface area contributed by atoms with Crippen LogP contribution in [0.3, 0.4) is 0 Å². The third-order valence-electron chi connectivity index (χ3n) is 6.18. The van der Waals surface area contributed by atoms with E-state index >= 15 is 0 Å². The number of hydrogen-bond donors (Lipinski definition) is 1. The minimum atomic E-state index is -1.05. The number of carbonyl (C=O) groups excluding carboxylic acids is 3. The van der Waals surface area contributed by atoms with Crippen LogP contribution in [0.5, 0.6) is 11.5 Å². The minimum Gasteiger partial charge on any atom is -0.507 e. The van der Waals surface area contributed by atoms with Gasteiger partial charge in [-0.3, -0.25) is 14.5 Å². The van der Waals surface area contributed by atoms with Crippen LogP contribution in [0.25, 0.3) is 5.76 Å². The molecule has 1 atom stereocenters. The average Bonchev–Trinajstić information content (AvgIpc) is 3.40. The second-order valence-corrected chi connectivity index (χ2v) is 9.48. The Hall–Kier alpha value is -4.18. The van der Waals surface area contributed by atoms with Gasteiger partial charge in [-0.2, -0.15) is 0 Å².